The molecule has 0 unspecified atom stereocenters. The first kappa shape index (κ1) is 13.0. The molecule has 0 saturated heterocycles. The standard InChI is InChI=1S/C15H14O4/c1-3-10(2)19-12-6-4-5-11(9-12)13-7-8-18-14(13)15(16)17/h3-9H,1-2H3,(H,16,17). The quantitative estimate of drug-likeness (QED) is 0.843. The first-order valence-electron chi connectivity index (χ1n) is 5.84. The third-order valence-corrected chi connectivity index (χ3v) is 2.69. The molecule has 0 saturated carbocycles. The number of hydrogen-bond donors (Lipinski definition) is 1. The fourth-order valence-electron chi connectivity index (χ4n) is 1.67. The average molecular weight is 258 g/mol. The Balaban J connectivity index is 2.38. The molecule has 19 heavy (non-hydrogen) atoms. The van der Waals surface area contributed by atoms with Gasteiger partial charge in [0.25, 0.3) is 0 Å². The molecule has 0 amide bonds. The summed E-state index contributed by atoms with van der Waals surface area (Å²) in [5.74, 6) is 0.282. The number of aromatic carboxylic acids is 1. The molecule has 0 bridgehead atoms. The Kier molecular flexibility index (Phi) is 3.71. The molecule has 0 aliphatic heterocycles. The van der Waals surface area contributed by atoms with Crippen LogP contribution in [0.25, 0.3) is 11.1 Å². The van der Waals surface area contributed by atoms with Gasteiger partial charge in [0.1, 0.15) is 5.75 Å². The highest BCUT2D eigenvalue weighted by Crippen LogP contribution is 2.28. The Bertz CT molecular complexity index is 623. The lowest BCUT2D eigenvalue weighted by Gasteiger charge is -2.07. The first-order chi connectivity index (χ1) is 9.11. The first-order valence-corrected chi connectivity index (χ1v) is 5.84. The molecule has 0 radical (unpaired) electrons. The van der Waals surface area contributed by atoms with Gasteiger partial charge >= 0.3 is 5.97 Å². The second-order valence-corrected chi connectivity index (χ2v) is 4.00. The number of rotatable bonds is 4. The fourth-order valence-corrected chi connectivity index (χ4v) is 1.67. The lowest BCUT2D eigenvalue weighted by atomic mass is 10.1. The molecule has 2 aromatic rings. The highest BCUT2D eigenvalue weighted by molar-refractivity contribution is 5.93. The van der Waals surface area contributed by atoms with E-state index >= 15 is 0 Å². The zero-order valence-corrected chi connectivity index (χ0v) is 10.7. The van der Waals surface area contributed by atoms with Gasteiger partial charge in [0, 0.05) is 5.56 Å². The van der Waals surface area contributed by atoms with E-state index in [1.54, 1.807) is 12.1 Å². The van der Waals surface area contributed by atoms with Gasteiger partial charge in [-0.05, 0) is 43.7 Å². The van der Waals surface area contributed by atoms with Crippen LogP contribution in [0.15, 0.2) is 52.8 Å². The largest absolute Gasteiger partial charge is 0.475 e. The molecule has 2 rings (SSSR count). The normalized spacial score (nSPS) is 11.4. The highest BCUT2D eigenvalue weighted by Gasteiger charge is 2.15. The molecule has 4 heteroatoms. The van der Waals surface area contributed by atoms with Crippen LogP contribution >= 0.6 is 0 Å². The van der Waals surface area contributed by atoms with Crippen molar-refractivity contribution in [1.29, 1.82) is 0 Å². The summed E-state index contributed by atoms with van der Waals surface area (Å²) in [7, 11) is 0. The van der Waals surface area contributed by atoms with Crippen molar-refractivity contribution < 1.29 is 19.1 Å². The summed E-state index contributed by atoms with van der Waals surface area (Å²) in [6.07, 6.45) is 3.22. The number of allylic oxidation sites excluding steroid dienone is 2. The molecular weight excluding hydrogens is 244 g/mol. The van der Waals surface area contributed by atoms with E-state index in [1.807, 2.05) is 38.1 Å². The minimum atomic E-state index is -1.09. The summed E-state index contributed by atoms with van der Waals surface area (Å²) >= 11 is 0. The van der Waals surface area contributed by atoms with Crippen molar-refractivity contribution in [3.05, 3.63) is 54.2 Å². The predicted octanol–water partition coefficient (Wildman–Crippen LogP) is 3.95. The van der Waals surface area contributed by atoms with Crippen LogP contribution < -0.4 is 4.74 Å². The lowest BCUT2D eigenvalue weighted by Crippen LogP contribution is -1.96. The van der Waals surface area contributed by atoms with Gasteiger partial charge in [-0.25, -0.2) is 4.79 Å². The molecule has 4 nitrogen and oxygen atoms in total. The topological polar surface area (TPSA) is 59.7 Å². The number of ether oxygens (including phenoxy) is 1. The van der Waals surface area contributed by atoms with Crippen LogP contribution in [0.3, 0.4) is 0 Å². The van der Waals surface area contributed by atoms with Gasteiger partial charge in [-0.1, -0.05) is 12.1 Å². The van der Waals surface area contributed by atoms with Crippen LogP contribution in [0.4, 0.5) is 0 Å². The van der Waals surface area contributed by atoms with E-state index < -0.39 is 5.97 Å². The van der Waals surface area contributed by atoms with E-state index in [9.17, 15) is 4.79 Å². The molecule has 0 fully saturated rings. The van der Waals surface area contributed by atoms with Crippen molar-refractivity contribution in [3.63, 3.8) is 0 Å². The Morgan fingerprint density at radius 2 is 2.16 bits per heavy atom. The van der Waals surface area contributed by atoms with Crippen LogP contribution in [0.1, 0.15) is 24.4 Å². The number of carboxylic acids is 1. The number of furan rings is 1. The minimum Gasteiger partial charge on any atom is -0.475 e. The summed E-state index contributed by atoms with van der Waals surface area (Å²) in [5.41, 5.74) is 1.28. The van der Waals surface area contributed by atoms with Crippen LogP contribution in [0.2, 0.25) is 0 Å². The van der Waals surface area contributed by atoms with Crippen molar-refractivity contribution in [2.75, 3.05) is 0 Å². The van der Waals surface area contributed by atoms with Gasteiger partial charge in [0.2, 0.25) is 5.76 Å². The van der Waals surface area contributed by atoms with Crippen LogP contribution in [-0.4, -0.2) is 11.1 Å². The summed E-state index contributed by atoms with van der Waals surface area (Å²) < 4.78 is 10.6. The molecule has 1 aromatic heterocycles. The zero-order chi connectivity index (χ0) is 13.8. The molecule has 98 valence electrons. The Morgan fingerprint density at radius 1 is 1.37 bits per heavy atom. The summed E-state index contributed by atoms with van der Waals surface area (Å²) in [5, 5.41) is 9.03. The molecule has 0 atom stereocenters. The third-order valence-electron chi connectivity index (χ3n) is 2.69. The number of carbonyl (C=O) groups is 1. The van der Waals surface area contributed by atoms with Gasteiger partial charge in [0.15, 0.2) is 0 Å². The zero-order valence-electron chi connectivity index (χ0n) is 10.7. The monoisotopic (exact) mass is 258 g/mol. The van der Waals surface area contributed by atoms with Crippen LogP contribution in [0, 0.1) is 0 Å². The number of benzene rings is 1. The van der Waals surface area contributed by atoms with Crippen LogP contribution in [-0.2, 0) is 0 Å². The minimum absolute atomic E-state index is 0.0695. The van der Waals surface area contributed by atoms with Gasteiger partial charge in [-0.3, -0.25) is 0 Å². The van der Waals surface area contributed by atoms with Crippen LogP contribution in [0.5, 0.6) is 5.75 Å². The van der Waals surface area contributed by atoms with E-state index in [2.05, 4.69) is 0 Å². The van der Waals surface area contributed by atoms with E-state index in [0.29, 0.717) is 11.3 Å². The van der Waals surface area contributed by atoms with Crippen molar-refractivity contribution in [3.8, 4) is 16.9 Å². The predicted molar refractivity (Wildman–Crippen MR) is 71.2 cm³/mol. The molecule has 1 heterocycles. The van der Waals surface area contributed by atoms with E-state index in [4.69, 9.17) is 14.3 Å². The Labute approximate surface area is 110 Å². The molecule has 1 aromatic carbocycles. The van der Waals surface area contributed by atoms with Gasteiger partial charge < -0.3 is 14.3 Å². The molecular formula is C15H14O4. The smallest absolute Gasteiger partial charge is 0.372 e. The number of hydrogen-bond acceptors (Lipinski definition) is 3. The maximum absolute atomic E-state index is 11.0. The maximum atomic E-state index is 11.0. The van der Waals surface area contributed by atoms with Crippen molar-refractivity contribution in [2.24, 2.45) is 0 Å². The molecule has 0 aliphatic rings. The molecule has 0 aliphatic carbocycles. The van der Waals surface area contributed by atoms with Crippen molar-refractivity contribution in [1.82, 2.24) is 0 Å². The second-order valence-electron chi connectivity index (χ2n) is 4.00. The summed E-state index contributed by atoms with van der Waals surface area (Å²) in [6, 6.07) is 8.85. The van der Waals surface area contributed by atoms with Gasteiger partial charge in [-0.2, -0.15) is 0 Å². The second kappa shape index (κ2) is 5.44. The number of carboxylic acid groups (broad SMARTS) is 1. The average Bonchev–Trinajstić information content (AvgIpc) is 2.88. The third kappa shape index (κ3) is 2.85. The van der Waals surface area contributed by atoms with Gasteiger partial charge in [0.05, 0.1) is 12.0 Å². The van der Waals surface area contributed by atoms with Gasteiger partial charge in [-0.15, -0.1) is 0 Å². The summed E-state index contributed by atoms with van der Waals surface area (Å²) in [4.78, 5) is 11.0. The Morgan fingerprint density at radius 3 is 2.84 bits per heavy atom. The van der Waals surface area contributed by atoms with Crippen molar-refractivity contribution in [2.45, 2.75) is 13.8 Å². The fraction of sp³-hybridized carbons (Fsp3) is 0.133. The Hall–Kier alpha value is -2.49. The maximum Gasteiger partial charge on any atom is 0.372 e. The molecule has 1 N–H and O–H groups in total. The van der Waals surface area contributed by atoms with Crippen molar-refractivity contribution >= 4 is 5.97 Å². The van der Waals surface area contributed by atoms with E-state index in [0.717, 1.165) is 11.3 Å². The lowest BCUT2D eigenvalue weighted by molar-refractivity contribution is 0.0663. The van der Waals surface area contributed by atoms with E-state index in [1.165, 1.54) is 6.26 Å². The SMILES string of the molecule is CC=C(C)Oc1cccc(-c2ccoc2C(=O)O)c1. The highest BCUT2D eigenvalue weighted by atomic mass is 16.5. The summed E-state index contributed by atoms with van der Waals surface area (Å²) in [6.45, 7) is 3.74. The van der Waals surface area contributed by atoms with E-state index in [-0.39, 0.29) is 5.76 Å². The molecule has 0 spiro atoms.